The monoisotopic (exact) mass is 393 g/mol. The Morgan fingerprint density at radius 2 is 1.75 bits per heavy atom. The molecule has 0 aromatic heterocycles. The van der Waals surface area contributed by atoms with E-state index in [2.05, 4.69) is 5.32 Å². The van der Waals surface area contributed by atoms with Gasteiger partial charge >= 0.3 is 11.9 Å². The van der Waals surface area contributed by atoms with E-state index in [1.54, 1.807) is 30.3 Å². The summed E-state index contributed by atoms with van der Waals surface area (Å²) in [5.74, 6) is -4.02. The standard InChI is InChI=1S/C20H27NO7/c1-20(19(25)26)27-12-14(13-28-20)8-4-2-7-11-16(18(23)24)21-17(22)15-9-5-3-6-10-15/h3,5-6,9-10,14,16H,2,4,7-8,11-13H2,1H3,(H,21,22)(H,23,24)(H,25,26)/t14-,16?,20+. The topological polar surface area (TPSA) is 122 Å². The zero-order valence-corrected chi connectivity index (χ0v) is 15.9. The largest absolute Gasteiger partial charge is 0.480 e. The number of amides is 1. The Bertz CT molecular complexity index is 668. The molecule has 1 aliphatic heterocycles. The molecule has 8 heteroatoms. The van der Waals surface area contributed by atoms with Crippen molar-refractivity contribution in [2.45, 2.75) is 50.9 Å². The van der Waals surface area contributed by atoms with Crippen LogP contribution in [-0.4, -0.2) is 53.1 Å². The van der Waals surface area contributed by atoms with Gasteiger partial charge in [-0.25, -0.2) is 9.59 Å². The predicted octanol–water partition coefficient (Wildman–Crippen LogP) is 2.28. The third-order valence-electron chi connectivity index (χ3n) is 4.82. The molecule has 3 N–H and O–H groups in total. The molecule has 1 saturated heterocycles. The molecule has 1 amide bonds. The average Bonchev–Trinajstić information content (AvgIpc) is 2.68. The summed E-state index contributed by atoms with van der Waals surface area (Å²) in [5.41, 5.74) is 0.430. The molecule has 1 unspecified atom stereocenters. The van der Waals surface area contributed by atoms with Crippen LogP contribution in [-0.2, 0) is 19.1 Å². The second-order valence-electron chi connectivity index (χ2n) is 7.11. The van der Waals surface area contributed by atoms with Gasteiger partial charge in [-0.05, 0) is 25.0 Å². The average molecular weight is 393 g/mol. The minimum atomic E-state index is -1.57. The summed E-state index contributed by atoms with van der Waals surface area (Å²) < 4.78 is 10.6. The predicted molar refractivity (Wildman–Crippen MR) is 99.9 cm³/mol. The van der Waals surface area contributed by atoms with Crippen molar-refractivity contribution in [1.29, 1.82) is 0 Å². The Morgan fingerprint density at radius 1 is 1.11 bits per heavy atom. The SMILES string of the molecule is C[C@]1(C(=O)O)OC[C@@H](CCCCCC(NC(=O)c2ccccc2)C(=O)O)CO1. The number of hydrogen-bond donors (Lipinski definition) is 3. The number of carboxylic acids is 2. The second-order valence-corrected chi connectivity index (χ2v) is 7.11. The minimum Gasteiger partial charge on any atom is -0.480 e. The molecule has 0 radical (unpaired) electrons. The smallest absolute Gasteiger partial charge is 0.364 e. The highest BCUT2D eigenvalue weighted by Gasteiger charge is 2.40. The van der Waals surface area contributed by atoms with E-state index in [1.165, 1.54) is 6.92 Å². The number of carboxylic acid groups (broad SMARTS) is 2. The minimum absolute atomic E-state index is 0.125. The van der Waals surface area contributed by atoms with Crippen molar-refractivity contribution in [2.24, 2.45) is 5.92 Å². The third kappa shape index (κ3) is 6.31. The number of carbonyl (C=O) groups is 3. The lowest BCUT2D eigenvalue weighted by Crippen LogP contribution is -2.47. The van der Waals surface area contributed by atoms with Gasteiger partial charge in [-0.1, -0.05) is 37.5 Å². The number of nitrogens with one attached hydrogen (secondary N) is 1. The lowest BCUT2D eigenvalue weighted by atomic mass is 10.00. The molecule has 1 aromatic rings. The molecule has 1 atom stereocenters. The van der Waals surface area contributed by atoms with Crippen molar-refractivity contribution in [1.82, 2.24) is 5.32 Å². The first kappa shape index (κ1) is 21.8. The Kier molecular flexibility index (Phi) is 7.95. The molecule has 1 aromatic carbocycles. The fraction of sp³-hybridized carbons (Fsp3) is 0.550. The summed E-state index contributed by atoms with van der Waals surface area (Å²) in [5, 5.41) is 20.9. The third-order valence-corrected chi connectivity index (χ3v) is 4.82. The zero-order valence-electron chi connectivity index (χ0n) is 15.9. The summed E-state index contributed by atoms with van der Waals surface area (Å²) in [6, 6.07) is 7.58. The number of aliphatic carboxylic acids is 2. The molecule has 1 aliphatic rings. The number of carbonyl (C=O) groups excluding carboxylic acids is 1. The molecular formula is C20H27NO7. The van der Waals surface area contributed by atoms with E-state index in [0.29, 0.717) is 31.6 Å². The van der Waals surface area contributed by atoms with Gasteiger partial charge in [0.1, 0.15) is 6.04 Å². The first-order valence-corrected chi connectivity index (χ1v) is 9.42. The maximum atomic E-state index is 12.1. The summed E-state index contributed by atoms with van der Waals surface area (Å²) in [6.07, 6.45) is 3.47. The Morgan fingerprint density at radius 3 is 2.32 bits per heavy atom. The fourth-order valence-corrected chi connectivity index (χ4v) is 2.98. The van der Waals surface area contributed by atoms with Crippen LogP contribution < -0.4 is 5.32 Å². The van der Waals surface area contributed by atoms with Crippen molar-refractivity contribution in [3.05, 3.63) is 35.9 Å². The highest BCUT2D eigenvalue weighted by atomic mass is 16.7. The number of rotatable bonds is 10. The van der Waals surface area contributed by atoms with Crippen LogP contribution in [0, 0.1) is 5.92 Å². The van der Waals surface area contributed by atoms with Gasteiger partial charge < -0.3 is 25.0 Å². The van der Waals surface area contributed by atoms with E-state index >= 15 is 0 Å². The molecule has 1 heterocycles. The highest BCUT2D eigenvalue weighted by molar-refractivity contribution is 5.96. The number of unbranched alkanes of at least 4 members (excludes halogenated alkanes) is 2. The summed E-state index contributed by atoms with van der Waals surface area (Å²) in [7, 11) is 0. The van der Waals surface area contributed by atoms with E-state index in [1.807, 2.05) is 0 Å². The number of ether oxygens (including phenoxy) is 2. The molecule has 2 rings (SSSR count). The molecule has 0 bridgehead atoms. The van der Waals surface area contributed by atoms with Crippen molar-refractivity contribution < 1.29 is 34.1 Å². The van der Waals surface area contributed by atoms with Crippen LogP contribution in [0.5, 0.6) is 0 Å². The first-order chi connectivity index (χ1) is 13.3. The summed E-state index contributed by atoms with van der Waals surface area (Å²) in [6.45, 7) is 2.04. The summed E-state index contributed by atoms with van der Waals surface area (Å²) >= 11 is 0. The molecule has 8 nitrogen and oxygen atoms in total. The van der Waals surface area contributed by atoms with Gasteiger partial charge in [0.05, 0.1) is 13.2 Å². The Labute approximate surface area is 163 Å². The molecule has 0 saturated carbocycles. The van der Waals surface area contributed by atoms with Crippen LogP contribution in [0.2, 0.25) is 0 Å². The van der Waals surface area contributed by atoms with Gasteiger partial charge in [-0.15, -0.1) is 0 Å². The van der Waals surface area contributed by atoms with Crippen LogP contribution in [0.4, 0.5) is 0 Å². The van der Waals surface area contributed by atoms with Crippen molar-refractivity contribution in [2.75, 3.05) is 13.2 Å². The fourth-order valence-electron chi connectivity index (χ4n) is 2.98. The Balaban J connectivity index is 1.66. The van der Waals surface area contributed by atoms with Crippen LogP contribution in [0.25, 0.3) is 0 Å². The molecule has 1 fully saturated rings. The van der Waals surface area contributed by atoms with Crippen molar-refractivity contribution in [3.8, 4) is 0 Å². The zero-order chi connectivity index (χ0) is 20.6. The van der Waals surface area contributed by atoms with E-state index in [-0.39, 0.29) is 5.92 Å². The Hall–Kier alpha value is -2.45. The van der Waals surface area contributed by atoms with E-state index in [0.717, 1.165) is 19.3 Å². The van der Waals surface area contributed by atoms with Crippen LogP contribution in [0.3, 0.4) is 0 Å². The molecule has 154 valence electrons. The van der Waals surface area contributed by atoms with Gasteiger partial charge in [-0.2, -0.15) is 0 Å². The number of hydrogen-bond acceptors (Lipinski definition) is 5. The van der Waals surface area contributed by atoms with Gasteiger partial charge in [0, 0.05) is 18.4 Å². The van der Waals surface area contributed by atoms with E-state index in [4.69, 9.17) is 14.6 Å². The van der Waals surface area contributed by atoms with E-state index < -0.39 is 29.7 Å². The lowest BCUT2D eigenvalue weighted by Gasteiger charge is -2.34. The maximum Gasteiger partial charge on any atom is 0.364 e. The van der Waals surface area contributed by atoms with Gasteiger partial charge in [-0.3, -0.25) is 4.79 Å². The van der Waals surface area contributed by atoms with E-state index in [9.17, 15) is 19.5 Å². The second kappa shape index (κ2) is 10.2. The van der Waals surface area contributed by atoms with Gasteiger partial charge in [0.15, 0.2) is 0 Å². The van der Waals surface area contributed by atoms with Gasteiger partial charge in [0.25, 0.3) is 11.7 Å². The maximum absolute atomic E-state index is 12.1. The quantitative estimate of drug-likeness (QED) is 0.521. The molecule has 0 spiro atoms. The van der Waals surface area contributed by atoms with Crippen LogP contribution >= 0.6 is 0 Å². The first-order valence-electron chi connectivity index (χ1n) is 9.42. The normalized spacial score (nSPS) is 23.0. The van der Waals surface area contributed by atoms with Gasteiger partial charge in [0.2, 0.25) is 0 Å². The highest BCUT2D eigenvalue weighted by Crippen LogP contribution is 2.24. The van der Waals surface area contributed by atoms with Crippen LogP contribution in [0.15, 0.2) is 30.3 Å². The lowest BCUT2D eigenvalue weighted by molar-refractivity contribution is -0.271. The summed E-state index contributed by atoms with van der Waals surface area (Å²) in [4.78, 5) is 34.5. The molecule has 0 aliphatic carbocycles. The van der Waals surface area contributed by atoms with Crippen molar-refractivity contribution in [3.63, 3.8) is 0 Å². The van der Waals surface area contributed by atoms with Crippen LogP contribution in [0.1, 0.15) is 49.4 Å². The number of benzene rings is 1. The molecular weight excluding hydrogens is 366 g/mol. The molecule has 28 heavy (non-hydrogen) atoms. The van der Waals surface area contributed by atoms with Crippen molar-refractivity contribution >= 4 is 17.8 Å².